The van der Waals surface area contributed by atoms with Crippen LogP contribution in [0, 0.1) is 17.5 Å². The number of nitrogens with two attached hydrogens (primary N) is 1. The van der Waals surface area contributed by atoms with Gasteiger partial charge >= 0.3 is 0 Å². The van der Waals surface area contributed by atoms with Gasteiger partial charge in [0.1, 0.15) is 11.3 Å². The first-order valence-corrected chi connectivity index (χ1v) is 6.82. The number of anilines is 1. The van der Waals surface area contributed by atoms with E-state index in [2.05, 4.69) is 4.98 Å². The summed E-state index contributed by atoms with van der Waals surface area (Å²) in [7, 11) is 0. The molecule has 0 aliphatic heterocycles. The number of aromatic nitrogens is 2. The van der Waals surface area contributed by atoms with E-state index in [0.29, 0.717) is 16.7 Å². The van der Waals surface area contributed by atoms with Gasteiger partial charge in [-0.05, 0) is 38.1 Å². The first-order chi connectivity index (χ1) is 10.4. The van der Waals surface area contributed by atoms with Crippen molar-refractivity contribution in [2.75, 3.05) is 5.73 Å². The molecule has 6 heteroatoms. The van der Waals surface area contributed by atoms with Crippen LogP contribution < -0.4 is 5.73 Å². The number of halogens is 3. The molecule has 0 saturated heterocycles. The van der Waals surface area contributed by atoms with Crippen LogP contribution in [0.5, 0.6) is 0 Å². The molecule has 114 valence electrons. The minimum Gasteiger partial charge on any atom is -0.397 e. The fraction of sp³-hybridized carbons (Fsp3) is 0.188. The molecule has 0 atom stereocenters. The lowest BCUT2D eigenvalue weighted by atomic mass is 10.1. The number of hydrogen-bond acceptors (Lipinski definition) is 2. The Morgan fingerprint density at radius 1 is 1.05 bits per heavy atom. The van der Waals surface area contributed by atoms with Gasteiger partial charge in [0, 0.05) is 6.04 Å². The maximum absolute atomic E-state index is 14.1. The second-order valence-corrected chi connectivity index (χ2v) is 5.34. The molecule has 0 aliphatic rings. The van der Waals surface area contributed by atoms with Crippen molar-refractivity contribution >= 4 is 16.7 Å². The highest BCUT2D eigenvalue weighted by Crippen LogP contribution is 2.33. The van der Waals surface area contributed by atoms with Gasteiger partial charge in [0.25, 0.3) is 0 Å². The molecule has 3 rings (SSSR count). The van der Waals surface area contributed by atoms with E-state index < -0.39 is 17.5 Å². The van der Waals surface area contributed by atoms with Gasteiger partial charge in [-0.3, -0.25) is 0 Å². The number of para-hydroxylation sites is 1. The normalized spacial score (nSPS) is 11.5. The fourth-order valence-corrected chi connectivity index (χ4v) is 2.55. The Kier molecular flexibility index (Phi) is 3.31. The van der Waals surface area contributed by atoms with Gasteiger partial charge in [0.2, 0.25) is 0 Å². The Bertz CT molecular complexity index is 869. The van der Waals surface area contributed by atoms with E-state index >= 15 is 0 Å². The van der Waals surface area contributed by atoms with Crippen molar-refractivity contribution in [3.63, 3.8) is 0 Å². The predicted molar refractivity (Wildman–Crippen MR) is 79.8 cm³/mol. The molecular formula is C16H14F3N3. The van der Waals surface area contributed by atoms with Gasteiger partial charge in [0.15, 0.2) is 17.5 Å². The van der Waals surface area contributed by atoms with Crippen LogP contribution >= 0.6 is 0 Å². The van der Waals surface area contributed by atoms with E-state index in [1.165, 1.54) is 6.07 Å². The summed E-state index contributed by atoms with van der Waals surface area (Å²) in [4.78, 5) is 4.34. The lowest BCUT2D eigenvalue weighted by molar-refractivity contribution is 0.448. The number of fused-ring (bicyclic) bond motifs is 1. The molecule has 2 N–H and O–H groups in total. The Hall–Kier alpha value is -2.50. The van der Waals surface area contributed by atoms with Crippen LogP contribution in [0.2, 0.25) is 0 Å². The molecule has 0 aliphatic carbocycles. The van der Waals surface area contributed by atoms with Crippen molar-refractivity contribution < 1.29 is 13.2 Å². The highest BCUT2D eigenvalue weighted by molar-refractivity contribution is 5.90. The molecule has 3 aromatic rings. The fourth-order valence-electron chi connectivity index (χ4n) is 2.55. The second-order valence-electron chi connectivity index (χ2n) is 5.34. The van der Waals surface area contributed by atoms with Crippen LogP contribution in [-0.4, -0.2) is 9.55 Å². The third-order valence-electron chi connectivity index (χ3n) is 3.54. The largest absolute Gasteiger partial charge is 0.397 e. The third-order valence-corrected chi connectivity index (χ3v) is 3.54. The Morgan fingerprint density at radius 3 is 2.45 bits per heavy atom. The molecule has 0 spiro atoms. The molecule has 22 heavy (non-hydrogen) atoms. The van der Waals surface area contributed by atoms with Gasteiger partial charge in [-0.2, -0.15) is 0 Å². The van der Waals surface area contributed by atoms with E-state index in [-0.39, 0.29) is 17.4 Å². The minimum atomic E-state index is -1.51. The summed E-state index contributed by atoms with van der Waals surface area (Å²) in [6, 6.07) is 7.27. The van der Waals surface area contributed by atoms with Crippen molar-refractivity contribution in [3.05, 3.63) is 47.8 Å². The van der Waals surface area contributed by atoms with Crippen LogP contribution in [0.15, 0.2) is 30.3 Å². The van der Waals surface area contributed by atoms with Gasteiger partial charge < -0.3 is 10.3 Å². The van der Waals surface area contributed by atoms with Crippen LogP contribution in [0.25, 0.3) is 22.4 Å². The van der Waals surface area contributed by atoms with E-state index in [1.54, 1.807) is 22.8 Å². The summed E-state index contributed by atoms with van der Waals surface area (Å²) in [6.45, 7) is 3.79. The molecule has 0 amide bonds. The van der Waals surface area contributed by atoms with E-state index in [9.17, 15) is 13.2 Å². The number of rotatable bonds is 2. The molecular weight excluding hydrogens is 291 g/mol. The third kappa shape index (κ3) is 2.03. The monoisotopic (exact) mass is 305 g/mol. The molecule has 2 aromatic carbocycles. The summed E-state index contributed by atoms with van der Waals surface area (Å²) >= 11 is 0. The molecule has 0 unspecified atom stereocenters. The molecule has 1 heterocycles. The van der Waals surface area contributed by atoms with Gasteiger partial charge in [-0.1, -0.05) is 6.07 Å². The van der Waals surface area contributed by atoms with Crippen molar-refractivity contribution in [3.8, 4) is 11.4 Å². The quantitative estimate of drug-likeness (QED) is 0.567. The standard InChI is InChI=1S/C16H14F3N3/c1-8(2)22-12-5-3-4-11(20)15(12)21-16(22)9-6-7-10(17)14(19)13(9)18/h3-8H,20H2,1-2H3. The summed E-state index contributed by atoms with van der Waals surface area (Å²) < 4.78 is 42.5. The van der Waals surface area contributed by atoms with Crippen molar-refractivity contribution in [2.24, 2.45) is 0 Å². The van der Waals surface area contributed by atoms with Crippen LogP contribution in [0.4, 0.5) is 18.9 Å². The molecule has 0 saturated carbocycles. The zero-order chi connectivity index (χ0) is 16.0. The zero-order valence-corrected chi connectivity index (χ0v) is 12.1. The molecule has 0 fully saturated rings. The van der Waals surface area contributed by atoms with Gasteiger partial charge in [-0.25, -0.2) is 18.2 Å². The smallest absolute Gasteiger partial charge is 0.195 e. The predicted octanol–water partition coefficient (Wildman–Crippen LogP) is 4.28. The molecule has 0 bridgehead atoms. The number of benzene rings is 2. The molecule has 3 nitrogen and oxygen atoms in total. The SMILES string of the molecule is CC(C)n1c(-c2ccc(F)c(F)c2F)nc2c(N)cccc21. The van der Waals surface area contributed by atoms with E-state index in [0.717, 1.165) is 6.07 Å². The number of hydrogen-bond donors (Lipinski definition) is 1. The second kappa shape index (κ2) is 5.05. The van der Waals surface area contributed by atoms with Crippen molar-refractivity contribution in [1.82, 2.24) is 9.55 Å². The first-order valence-electron chi connectivity index (χ1n) is 6.82. The minimum absolute atomic E-state index is 0.0608. The van der Waals surface area contributed by atoms with Crippen molar-refractivity contribution in [1.29, 1.82) is 0 Å². The Labute approximate surface area is 125 Å². The topological polar surface area (TPSA) is 43.8 Å². The average Bonchev–Trinajstić information content (AvgIpc) is 2.86. The van der Waals surface area contributed by atoms with Crippen LogP contribution in [0.1, 0.15) is 19.9 Å². The highest BCUT2D eigenvalue weighted by atomic mass is 19.2. The van der Waals surface area contributed by atoms with E-state index in [4.69, 9.17) is 5.73 Å². The lowest BCUT2D eigenvalue weighted by Gasteiger charge is -2.13. The summed E-state index contributed by atoms with van der Waals surface area (Å²) in [5.74, 6) is -3.77. The first kappa shape index (κ1) is 14.4. The average molecular weight is 305 g/mol. The zero-order valence-electron chi connectivity index (χ0n) is 12.1. The van der Waals surface area contributed by atoms with Gasteiger partial charge in [-0.15, -0.1) is 0 Å². The molecule has 1 aromatic heterocycles. The van der Waals surface area contributed by atoms with Crippen LogP contribution in [0.3, 0.4) is 0 Å². The maximum atomic E-state index is 14.1. The Balaban J connectivity index is 2.39. The summed E-state index contributed by atoms with van der Waals surface area (Å²) in [6.07, 6.45) is 0. The maximum Gasteiger partial charge on any atom is 0.195 e. The van der Waals surface area contributed by atoms with Crippen LogP contribution in [-0.2, 0) is 0 Å². The van der Waals surface area contributed by atoms with E-state index in [1.807, 2.05) is 13.8 Å². The van der Waals surface area contributed by atoms with Crippen molar-refractivity contribution in [2.45, 2.75) is 19.9 Å². The number of nitrogen functional groups attached to an aromatic ring is 1. The lowest BCUT2D eigenvalue weighted by Crippen LogP contribution is -2.05. The summed E-state index contributed by atoms with van der Waals surface area (Å²) in [5.41, 5.74) is 7.48. The molecule has 0 radical (unpaired) electrons. The number of nitrogens with zero attached hydrogens (tertiary/aromatic N) is 2. The number of imidazole rings is 1. The highest BCUT2D eigenvalue weighted by Gasteiger charge is 2.22. The Morgan fingerprint density at radius 2 is 1.77 bits per heavy atom. The van der Waals surface area contributed by atoms with Gasteiger partial charge in [0.05, 0.1) is 16.8 Å². The summed E-state index contributed by atoms with van der Waals surface area (Å²) in [5, 5.41) is 0.